The summed E-state index contributed by atoms with van der Waals surface area (Å²) in [6.07, 6.45) is 4.27. The molecule has 0 fully saturated rings. The number of nitrogens with zero attached hydrogens (tertiary/aromatic N) is 2. The highest BCUT2D eigenvalue weighted by atomic mass is 16.1. The Morgan fingerprint density at radius 1 is 1.50 bits per heavy atom. The molecule has 0 aliphatic rings. The van der Waals surface area contributed by atoms with Gasteiger partial charge in [0.2, 0.25) is 0 Å². The van der Waals surface area contributed by atoms with Gasteiger partial charge in [0, 0.05) is 6.20 Å². The molecule has 0 aromatic carbocycles. The fourth-order valence-corrected chi connectivity index (χ4v) is 1.19. The van der Waals surface area contributed by atoms with Crippen LogP contribution < -0.4 is 0 Å². The Labute approximate surface area is 69.7 Å². The van der Waals surface area contributed by atoms with E-state index in [0.717, 1.165) is 17.5 Å². The van der Waals surface area contributed by atoms with E-state index in [4.69, 9.17) is 0 Å². The van der Waals surface area contributed by atoms with Gasteiger partial charge in [0.05, 0.1) is 6.20 Å². The third-order valence-electron chi connectivity index (χ3n) is 1.80. The summed E-state index contributed by atoms with van der Waals surface area (Å²) in [4.78, 5) is 14.6. The van der Waals surface area contributed by atoms with E-state index < -0.39 is 0 Å². The molecule has 0 spiro atoms. The zero-order valence-corrected chi connectivity index (χ0v) is 6.69. The van der Waals surface area contributed by atoms with Crippen LogP contribution >= 0.6 is 0 Å². The summed E-state index contributed by atoms with van der Waals surface area (Å²) in [5, 5.41) is 0. The highest BCUT2D eigenvalue weighted by molar-refractivity contribution is 5.73. The lowest BCUT2D eigenvalue weighted by Gasteiger charge is -1.95. The van der Waals surface area contributed by atoms with Crippen LogP contribution in [0.2, 0.25) is 0 Å². The summed E-state index contributed by atoms with van der Waals surface area (Å²) in [6, 6.07) is 3.86. The maximum absolute atomic E-state index is 10.5. The fourth-order valence-electron chi connectivity index (χ4n) is 1.19. The first kappa shape index (κ1) is 7.03. The molecule has 0 bridgehead atoms. The number of fused-ring (bicyclic) bond motifs is 1. The van der Waals surface area contributed by atoms with Crippen LogP contribution in [0.1, 0.15) is 16.1 Å². The zero-order chi connectivity index (χ0) is 8.55. The molecule has 0 saturated heterocycles. The molecule has 0 aliphatic carbocycles. The number of imidazole rings is 1. The Balaban J connectivity index is 2.83. The number of carbonyl (C=O) groups excluding carboxylic acids is 1. The van der Waals surface area contributed by atoms with E-state index in [0.29, 0.717) is 5.69 Å². The third kappa shape index (κ3) is 0.906. The molecular weight excluding hydrogens is 152 g/mol. The van der Waals surface area contributed by atoms with Crippen LogP contribution in [0, 0.1) is 6.92 Å². The molecule has 3 nitrogen and oxygen atoms in total. The molecule has 0 unspecified atom stereocenters. The van der Waals surface area contributed by atoms with Crippen LogP contribution in [0.5, 0.6) is 0 Å². The lowest BCUT2D eigenvalue weighted by Crippen LogP contribution is -1.90. The predicted octanol–water partition coefficient (Wildman–Crippen LogP) is 1.46. The largest absolute Gasteiger partial charge is 0.297 e. The van der Waals surface area contributed by atoms with E-state index in [1.54, 1.807) is 10.6 Å². The van der Waals surface area contributed by atoms with Gasteiger partial charge in [-0.2, -0.15) is 0 Å². The molecule has 0 atom stereocenters. The Morgan fingerprint density at radius 3 is 3.08 bits per heavy atom. The van der Waals surface area contributed by atoms with Crippen molar-refractivity contribution in [3.8, 4) is 0 Å². The number of pyridine rings is 1. The van der Waals surface area contributed by atoms with Gasteiger partial charge in [-0.15, -0.1) is 0 Å². The van der Waals surface area contributed by atoms with E-state index in [1.165, 1.54) is 0 Å². The van der Waals surface area contributed by atoms with Crippen molar-refractivity contribution in [1.82, 2.24) is 9.38 Å². The third-order valence-corrected chi connectivity index (χ3v) is 1.80. The van der Waals surface area contributed by atoms with Crippen molar-refractivity contribution in [2.24, 2.45) is 0 Å². The lowest BCUT2D eigenvalue weighted by atomic mass is 10.3. The highest BCUT2D eigenvalue weighted by Crippen LogP contribution is 2.06. The number of carbonyl (C=O) groups is 1. The Kier molecular flexibility index (Phi) is 1.43. The maximum Gasteiger partial charge on any atom is 0.168 e. The molecule has 2 aromatic rings. The molecule has 0 amide bonds. The molecule has 2 aromatic heterocycles. The SMILES string of the molecule is Cc1ccc2ncc(C=O)n2c1. The van der Waals surface area contributed by atoms with Gasteiger partial charge in [-0.05, 0) is 18.6 Å². The van der Waals surface area contributed by atoms with Crippen LogP contribution in [0.3, 0.4) is 0 Å². The number of hydrogen-bond donors (Lipinski definition) is 0. The zero-order valence-electron chi connectivity index (χ0n) is 6.69. The van der Waals surface area contributed by atoms with Gasteiger partial charge in [0.25, 0.3) is 0 Å². The Morgan fingerprint density at radius 2 is 2.33 bits per heavy atom. The van der Waals surface area contributed by atoms with Crippen molar-refractivity contribution in [2.45, 2.75) is 6.92 Å². The van der Waals surface area contributed by atoms with Gasteiger partial charge < -0.3 is 0 Å². The number of aldehydes is 1. The van der Waals surface area contributed by atoms with Gasteiger partial charge in [-0.25, -0.2) is 4.98 Å². The van der Waals surface area contributed by atoms with Crippen LogP contribution in [0.25, 0.3) is 5.65 Å². The second-order valence-corrected chi connectivity index (χ2v) is 2.74. The summed E-state index contributed by atoms with van der Waals surface area (Å²) in [7, 11) is 0. The fraction of sp³-hybridized carbons (Fsp3) is 0.111. The van der Waals surface area contributed by atoms with Crippen molar-refractivity contribution < 1.29 is 4.79 Å². The van der Waals surface area contributed by atoms with Crippen molar-refractivity contribution in [3.63, 3.8) is 0 Å². The average Bonchev–Trinajstić information content (AvgIpc) is 2.46. The predicted molar refractivity (Wildman–Crippen MR) is 45.3 cm³/mol. The summed E-state index contributed by atoms with van der Waals surface area (Å²) >= 11 is 0. The average molecular weight is 160 g/mol. The molecule has 2 rings (SSSR count). The number of rotatable bonds is 1. The molecule has 0 aliphatic heterocycles. The van der Waals surface area contributed by atoms with Crippen LogP contribution in [0.15, 0.2) is 24.5 Å². The summed E-state index contributed by atoms with van der Waals surface area (Å²) < 4.78 is 1.78. The second-order valence-electron chi connectivity index (χ2n) is 2.74. The minimum atomic E-state index is 0.591. The standard InChI is InChI=1S/C9H8N2O/c1-7-2-3-9-10-4-8(6-12)11(9)5-7/h2-6H,1H3. The van der Waals surface area contributed by atoms with E-state index in [-0.39, 0.29) is 0 Å². The molecule has 3 heteroatoms. The van der Waals surface area contributed by atoms with E-state index >= 15 is 0 Å². The summed E-state index contributed by atoms with van der Waals surface area (Å²) in [6.45, 7) is 1.98. The first-order chi connectivity index (χ1) is 5.81. The van der Waals surface area contributed by atoms with Gasteiger partial charge in [0.15, 0.2) is 6.29 Å². The van der Waals surface area contributed by atoms with Gasteiger partial charge in [0.1, 0.15) is 11.3 Å². The van der Waals surface area contributed by atoms with Crippen molar-refractivity contribution in [2.75, 3.05) is 0 Å². The minimum Gasteiger partial charge on any atom is -0.297 e. The maximum atomic E-state index is 10.5. The van der Waals surface area contributed by atoms with Gasteiger partial charge in [-0.1, -0.05) is 6.07 Å². The number of aryl methyl sites for hydroxylation is 1. The topological polar surface area (TPSA) is 34.4 Å². The summed E-state index contributed by atoms with van der Waals surface area (Å²) in [5.41, 5.74) is 2.51. The van der Waals surface area contributed by atoms with E-state index in [1.807, 2.05) is 25.3 Å². The first-order valence-electron chi connectivity index (χ1n) is 3.70. The molecule has 0 saturated carbocycles. The summed E-state index contributed by atoms with van der Waals surface area (Å²) in [5.74, 6) is 0. The van der Waals surface area contributed by atoms with Crippen LogP contribution in [0.4, 0.5) is 0 Å². The van der Waals surface area contributed by atoms with Gasteiger partial charge >= 0.3 is 0 Å². The van der Waals surface area contributed by atoms with Crippen molar-refractivity contribution in [1.29, 1.82) is 0 Å². The molecule has 60 valence electrons. The Bertz CT molecular complexity index is 431. The van der Waals surface area contributed by atoms with Gasteiger partial charge in [-0.3, -0.25) is 9.20 Å². The molecular formula is C9H8N2O. The van der Waals surface area contributed by atoms with Crippen molar-refractivity contribution in [3.05, 3.63) is 35.8 Å². The highest BCUT2D eigenvalue weighted by Gasteiger charge is 1.99. The second kappa shape index (κ2) is 2.44. The molecule has 0 N–H and O–H groups in total. The first-order valence-corrected chi connectivity index (χ1v) is 3.70. The minimum absolute atomic E-state index is 0.591. The number of aromatic nitrogens is 2. The number of hydrogen-bond acceptors (Lipinski definition) is 2. The monoisotopic (exact) mass is 160 g/mol. The smallest absolute Gasteiger partial charge is 0.168 e. The quantitative estimate of drug-likeness (QED) is 0.592. The van der Waals surface area contributed by atoms with Crippen LogP contribution in [-0.2, 0) is 0 Å². The van der Waals surface area contributed by atoms with E-state index in [9.17, 15) is 4.79 Å². The van der Waals surface area contributed by atoms with Crippen molar-refractivity contribution >= 4 is 11.9 Å². The molecule has 12 heavy (non-hydrogen) atoms. The normalized spacial score (nSPS) is 10.4. The molecule has 2 heterocycles. The van der Waals surface area contributed by atoms with E-state index in [2.05, 4.69) is 4.98 Å². The van der Waals surface area contributed by atoms with Crippen LogP contribution in [-0.4, -0.2) is 15.7 Å². The Hall–Kier alpha value is -1.64. The molecule has 0 radical (unpaired) electrons. The lowest BCUT2D eigenvalue weighted by molar-refractivity contribution is 0.111.